The number of aliphatic hydroxyl groups is 1. The summed E-state index contributed by atoms with van der Waals surface area (Å²) in [7, 11) is 0. The molecular weight excluding hydrogens is 226 g/mol. The van der Waals surface area contributed by atoms with Crippen molar-refractivity contribution in [2.24, 2.45) is 0 Å². The van der Waals surface area contributed by atoms with Gasteiger partial charge >= 0.3 is 0 Å². The maximum Gasteiger partial charge on any atom is 0.0585 e. The molecule has 86 valence electrons. The lowest BCUT2D eigenvalue weighted by atomic mass is 10.2. The Kier molecular flexibility index (Phi) is 6.32. The number of aliphatic hydroxyl groups excluding tert-OH is 1. The zero-order valence-corrected chi connectivity index (χ0v) is 11.0. The summed E-state index contributed by atoms with van der Waals surface area (Å²) in [6.45, 7) is 3.22. The van der Waals surface area contributed by atoms with Crippen LogP contribution >= 0.6 is 23.1 Å². The van der Waals surface area contributed by atoms with E-state index in [1.165, 1.54) is 9.75 Å². The first-order valence-electron chi connectivity index (χ1n) is 5.14. The summed E-state index contributed by atoms with van der Waals surface area (Å²) in [5.74, 6) is 1.10. The molecule has 0 saturated heterocycles. The number of thioether (sulfide) groups is 1. The van der Waals surface area contributed by atoms with Crippen LogP contribution in [0.1, 0.15) is 16.2 Å². The molecule has 0 saturated carbocycles. The molecule has 0 aliphatic rings. The van der Waals surface area contributed by atoms with E-state index in [4.69, 9.17) is 5.11 Å². The normalized spacial score (nSPS) is 13.0. The van der Waals surface area contributed by atoms with E-state index < -0.39 is 0 Å². The monoisotopic (exact) mass is 245 g/mol. The maximum atomic E-state index is 9.17. The van der Waals surface area contributed by atoms with Gasteiger partial charge in [0.05, 0.1) is 6.61 Å². The molecule has 2 nitrogen and oxygen atoms in total. The number of thiophene rings is 1. The molecule has 1 atom stereocenters. The van der Waals surface area contributed by atoms with E-state index in [2.05, 4.69) is 30.6 Å². The Morgan fingerprint density at radius 3 is 2.87 bits per heavy atom. The SMILES string of the molecule is CSCCC(CO)NCc1ccc(C)s1. The fourth-order valence-electron chi connectivity index (χ4n) is 1.34. The van der Waals surface area contributed by atoms with Crippen molar-refractivity contribution in [2.45, 2.75) is 25.9 Å². The standard InChI is InChI=1S/C11H19NOS2/c1-9-3-4-11(15-9)7-12-10(8-13)5-6-14-2/h3-4,10,12-13H,5-8H2,1-2H3. The molecule has 1 aromatic heterocycles. The van der Waals surface area contributed by atoms with Gasteiger partial charge in [-0.05, 0) is 37.5 Å². The highest BCUT2D eigenvalue weighted by molar-refractivity contribution is 7.98. The summed E-state index contributed by atoms with van der Waals surface area (Å²) in [6, 6.07) is 4.52. The number of hydrogen-bond acceptors (Lipinski definition) is 4. The predicted molar refractivity (Wildman–Crippen MR) is 69.8 cm³/mol. The van der Waals surface area contributed by atoms with Crippen molar-refractivity contribution in [3.05, 3.63) is 21.9 Å². The van der Waals surface area contributed by atoms with E-state index in [-0.39, 0.29) is 12.6 Å². The first kappa shape index (κ1) is 13.0. The van der Waals surface area contributed by atoms with E-state index in [9.17, 15) is 0 Å². The van der Waals surface area contributed by atoms with E-state index in [0.717, 1.165) is 18.7 Å². The molecule has 4 heteroatoms. The van der Waals surface area contributed by atoms with Gasteiger partial charge in [-0.1, -0.05) is 0 Å². The fraction of sp³-hybridized carbons (Fsp3) is 0.636. The lowest BCUT2D eigenvalue weighted by molar-refractivity contribution is 0.239. The summed E-state index contributed by atoms with van der Waals surface area (Å²) in [6.07, 6.45) is 3.12. The van der Waals surface area contributed by atoms with Crippen LogP contribution in [0.2, 0.25) is 0 Å². The van der Waals surface area contributed by atoms with Crippen LogP contribution in [0.5, 0.6) is 0 Å². The average Bonchev–Trinajstić information content (AvgIpc) is 2.65. The Labute approximate surface area is 100 Å². The Hall–Kier alpha value is -0.0300. The molecule has 0 fully saturated rings. The quantitative estimate of drug-likeness (QED) is 0.773. The van der Waals surface area contributed by atoms with Gasteiger partial charge in [-0.3, -0.25) is 0 Å². The van der Waals surface area contributed by atoms with Gasteiger partial charge in [0, 0.05) is 22.3 Å². The van der Waals surface area contributed by atoms with E-state index in [0.29, 0.717) is 0 Å². The topological polar surface area (TPSA) is 32.3 Å². The van der Waals surface area contributed by atoms with E-state index in [1.807, 2.05) is 23.1 Å². The van der Waals surface area contributed by atoms with Crippen LogP contribution in [-0.2, 0) is 6.54 Å². The van der Waals surface area contributed by atoms with Gasteiger partial charge in [-0.25, -0.2) is 0 Å². The third-order valence-corrected chi connectivity index (χ3v) is 3.90. The minimum Gasteiger partial charge on any atom is -0.395 e. The molecule has 0 radical (unpaired) electrons. The number of aryl methyl sites for hydroxylation is 1. The largest absolute Gasteiger partial charge is 0.395 e. The summed E-state index contributed by atoms with van der Waals surface area (Å²) in [5, 5.41) is 12.5. The molecule has 15 heavy (non-hydrogen) atoms. The smallest absolute Gasteiger partial charge is 0.0585 e. The number of hydrogen-bond donors (Lipinski definition) is 2. The van der Waals surface area contributed by atoms with Crippen LogP contribution in [-0.4, -0.2) is 29.8 Å². The Balaban J connectivity index is 2.27. The Bertz CT molecular complexity index is 275. The molecule has 2 N–H and O–H groups in total. The van der Waals surface area contributed by atoms with Gasteiger partial charge in [-0.2, -0.15) is 11.8 Å². The first-order valence-corrected chi connectivity index (χ1v) is 7.35. The van der Waals surface area contributed by atoms with Gasteiger partial charge in [0.15, 0.2) is 0 Å². The third kappa shape index (κ3) is 5.02. The van der Waals surface area contributed by atoms with Crippen molar-refractivity contribution in [3.63, 3.8) is 0 Å². The lowest BCUT2D eigenvalue weighted by Crippen LogP contribution is -2.32. The molecule has 0 bridgehead atoms. The second-order valence-corrected chi connectivity index (χ2v) is 5.91. The molecule has 1 aromatic rings. The van der Waals surface area contributed by atoms with E-state index in [1.54, 1.807) is 0 Å². The van der Waals surface area contributed by atoms with Crippen molar-refractivity contribution in [1.82, 2.24) is 5.32 Å². The van der Waals surface area contributed by atoms with Gasteiger partial charge in [-0.15, -0.1) is 11.3 Å². The van der Waals surface area contributed by atoms with Crippen LogP contribution < -0.4 is 5.32 Å². The molecule has 0 aliphatic carbocycles. The summed E-state index contributed by atoms with van der Waals surface area (Å²) in [4.78, 5) is 2.69. The second kappa shape index (κ2) is 7.28. The number of rotatable bonds is 7. The highest BCUT2D eigenvalue weighted by atomic mass is 32.2. The first-order chi connectivity index (χ1) is 7.26. The summed E-state index contributed by atoms with van der Waals surface area (Å²) >= 11 is 3.64. The maximum absolute atomic E-state index is 9.17. The zero-order chi connectivity index (χ0) is 11.1. The summed E-state index contributed by atoms with van der Waals surface area (Å²) in [5.41, 5.74) is 0. The molecular formula is C11H19NOS2. The molecule has 0 amide bonds. The third-order valence-electron chi connectivity index (χ3n) is 2.25. The molecule has 1 heterocycles. The Morgan fingerprint density at radius 1 is 1.53 bits per heavy atom. The average molecular weight is 245 g/mol. The minimum atomic E-state index is 0.227. The molecule has 1 rings (SSSR count). The van der Waals surface area contributed by atoms with Crippen molar-refractivity contribution in [3.8, 4) is 0 Å². The van der Waals surface area contributed by atoms with Crippen LogP contribution in [0.3, 0.4) is 0 Å². The van der Waals surface area contributed by atoms with Crippen LogP contribution in [0.25, 0.3) is 0 Å². The van der Waals surface area contributed by atoms with Crippen molar-refractivity contribution in [2.75, 3.05) is 18.6 Å². The van der Waals surface area contributed by atoms with Crippen molar-refractivity contribution < 1.29 is 5.11 Å². The van der Waals surface area contributed by atoms with Crippen LogP contribution in [0.15, 0.2) is 12.1 Å². The predicted octanol–water partition coefficient (Wildman–Crippen LogP) is 2.26. The van der Waals surface area contributed by atoms with Gasteiger partial charge in [0.1, 0.15) is 0 Å². The minimum absolute atomic E-state index is 0.227. The van der Waals surface area contributed by atoms with Gasteiger partial charge < -0.3 is 10.4 Å². The van der Waals surface area contributed by atoms with Gasteiger partial charge in [0.2, 0.25) is 0 Å². The highest BCUT2D eigenvalue weighted by Crippen LogP contribution is 2.14. The van der Waals surface area contributed by atoms with Crippen LogP contribution in [0.4, 0.5) is 0 Å². The molecule has 0 spiro atoms. The molecule has 0 aliphatic heterocycles. The fourth-order valence-corrected chi connectivity index (χ4v) is 2.70. The highest BCUT2D eigenvalue weighted by Gasteiger charge is 2.06. The van der Waals surface area contributed by atoms with E-state index >= 15 is 0 Å². The van der Waals surface area contributed by atoms with Crippen molar-refractivity contribution >= 4 is 23.1 Å². The number of nitrogens with one attached hydrogen (secondary N) is 1. The Morgan fingerprint density at radius 2 is 2.33 bits per heavy atom. The molecule has 0 aromatic carbocycles. The van der Waals surface area contributed by atoms with Crippen molar-refractivity contribution in [1.29, 1.82) is 0 Å². The summed E-state index contributed by atoms with van der Waals surface area (Å²) < 4.78 is 0. The lowest BCUT2D eigenvalue weighted by Gasteiger charge is -2.14. The van der Waals surface area contributed by atoms with Gasteiger partial charge in [0.25, 0.3) is 0 Å². The van der Waals surface area contributed by atoms with Crippen LogP contribution in [0, 0.1) is 6.92 Å². The molecule has 1 unspecified atom stereocenters. The second-order valence-electron chi connectivity index (χ2n) is 3.55. The zero-order valence-electron chi connectivity index (χ0n) is 9.32.